The molecule has 1 aliphatic heterocycles. The highest BCUT2D eigenvalue weighted by Crippen LogP contribution is 2.40. The Morgan fingerprint density at radius 2 is 1.81 bits per heavy atom. The molecule has 0 saturated carbocycles. The number of ketones is 1. The summed E-state index contributed by atoms with van der Waals surface area (Å²) in [4.78, 5) is 30.7. The second-order valence-corrected chi connectivity index (χ2v) is 9.09. The van der Waals surface area contributed by atoms with E-state index >= 15 is 0 Å². The van der Waals surface area contributed by atoms with Crippen molar-refractivity contribution in [3.63, 3.8) is 0 Å². The Morgan fingerprint density at radius 1 is 1.08 bits per heavy atom. The zero-order valence-corrected chi connectivity index (χ0v) is 21.4. The number of carbonyl (C=O) groups is 2. The molecule has 3 aromatic rings. The lowest BCUT2D eigenvalue weighted by Gasteiger charge is -2.29. The molecule has 190 valence electrons. The van der Waals surface area contributed by atoms with Gasteiger partial charge in [-0.15, -0.1) is 0 Å². The second-order valence-electron chi connectivity index (χ2n) is 9.09. The van der Waals surface area contributed by atoms with Crippen LogP contribution in [0.5, 0.6) is 5.75 Å². The minimum atomic E-state index is -0.726. The third kappa shape index (κ3) is 5.02. The van der Waals surface area contributed by atoms with Crippen LogP contribution in [0.1, 0.15) is 54.9 Å². The van der Waals surface area contributed by atoms with Crippen molar-refractivity contribution in [2.24, 2.45) is 0 Å². The van der Waals surface area contributed by atoms with Crippen LogP contribution in [-0.2, 0) is 4.79 Å². The molecule has 2 aromatic carbocycles. The number of aliphatic hydroxyl groups excluding tert-OH is 1. The number of carbonyl (C=O) groups excluding carboxylic acids is 2. The van der Waals surface area contributed by atoms with Gasteiger partial charge in [0.1, 0.15) is 11.3 Å². The molecule has 7 nitrogen and oxygen atoms in total. The molecule has 1 aliphatic rings. The molecule has 0 aliphatic carbocycles. The highest BCUT2D eigenvalue weighted by molar-refractivity contribution is 6.16. The molecule has 1 N–H and O–H groups in total. The van der Waals surface area contributed by atoms with E-state index in [0.29, 0.717) is 31.0 Å². The van der Waals surface area contributed by atoms with E-state index in [0.717, 1.165) is 36.0 Å². The van der Waals surface area contributed by atoms with E-state index in [1.807, 2.05) is 56.3 Å². The summed E-state index contributed by atoms with van der Waals surface area (Å²) >= 11 is 0. The Labute approximate surface area is 211 Å². The zero-order chi connectivity index (χ0) is 25.8. The average Bonchev–Trinajstić information content (AvgIpc) is 3.42. The number of likely N-dealkylation sites (N-methyl/N-ethyl adjacent to an activating group) is 1. The minimum Gasteiger partial charge on any atom is -0.503 e. The monoisotopic (exact) mass is 490 g/mol. The van der Waals surface area contributed by atoms with Crippen molar-refractivity contribution in [3.05, 3.63) is 76.8 Å². The van der Waals surface area contributed by atoms with Crippen LogP contribution in [0.25, 0.3) is 11.0 Å². The summed E-state index contributed by atoms with van der Waals surface area (Å²) in [7, 11) is 0. The lowest BCUT2D eigenvalue weighted by molar-refractivity contribution is -0.129. The predicted molar refractivity (Wildman–Crippen MR) is 139 cm³/mol. The molecule has 0 saturated heterocycles. The SMILES string of the molecule is CCCOc1ccc(C2C(C(=O)c3cc4cc(C)ccc4o3)=C(O)C(=O)N2CCN(CC)CC)cc1. The highest BCUT2D eigenvalue weighted by atomic mass is 16.5. The van der Waals surface area contributed by atoms with Gasteiger partial charge in [0, 0.05) is 18.5 Å². The number of aryl methyl sites for hydroxylation is 1. The minimum absolute atomic E-state index is 0.0394. The largest absolute Gasteiger partial charge is 0.503 e. The number of Topliss-reactive ketones (excluding diaryl/α,β-unsaturated/α-hetero) is 1. The first-order valence-electron chi connectivity index (χ1n) is 12.6. The third-order valence-electron chi connectivity index (χ3n) is 6.66. The number of hydrogen-bond donors (Lipinski definition) is 1. The first-order valence-corrected chi connectivity index (χ1v) is 12.6. The van der Waals surface area contributed by atoms with Crippen LogP contribution in [0.4, 0.5) is 0 Å². The highest BCUT2D eigenvalue weighted by Gasteiger charge is 2.44. The van der Waals surface area contributed by atoms with Crippen molar-refractivity contribution in [1.29, 1.82) is 0 Å². The fraction of sp³-hybridized carbons (Fsp3) is 0.379. The van der Waals surface area contributed by atoms with E-state index in [2.05, 4.69) is 18.7 Å². The van der Waals surface area contributed by atoms with Gasteiger partial charge in [0.05, 0.1) is 18.2 Å². The van der Waals surface area contributed by atoms with Crippen LogP contribution in [0, 0.1) is 6.92 Å². The number of amides is 1. The molecular formula is C29H34N2O5. The maximum Gasteiger partial charge on any atom is 0.290 e. The first-order chi connectivity index (χ1) is 17.4. The standard InChI is InChI=1S/C29H34N2O5/c1-5-16-35-22-11-9-20(10-12-22)26-25(28(33)29(34)31(26)15-14-30(6-2)7-3)27(32)24-18-21-17-19(4)8-13-23(21)36-24/h8-13,17-18,26,33H,5-7,14-16H2,1-4H3. The summed E-state index contributed by atoms with van der Waals surface area (Å²) in [6.45, 7) is 11.4. The molecule has 0 spiro atoms. The first kappa shape index (κ1) is 25.5. The molecule has 1 atom stereocenters. The summed E-state index contributed by atoms with van der Waals surface area (Å²) < 4.78 is 11.6. The lowest BCUT2D eigenvalue weighted by Crippen LogP contribution is -2.38. The summed E-state index contributed by atoms with van der Waals surface area (Å²) in [5.41, 5.74) is 2.40. The number of benzene rings is 2. The van der Waals surface area contributed by atoms with Gasteiger partial charge >= 0.3 is 0 Å². The fourth-order valence-corrected chi connectivity index (χ4v) is 4.63. The Morgan fingerprint density at radius 3 is 2.47 bits per heavy atom. The molecule has 0 radical (unpaired) electrons. The zero-order valence-electron chi connectivity index (χ0n) is 21.4. The molecule has 1 amide bonds. The quantitative estimate of drug-likeness (QED) is 0.360. The molecule has 36 heavy (non-hydrogen) atoms. The normalized spacial score (nSPS) is 16.0. The van der Waals surface area contributed by atoms with Crippen molar-refractivity contribution in [2.75, 3.05) is 32.8 Å². The van der Waals surface area contributed by atoms with Gasteiger partial charge in [0.2, 0.25) is 5.78 Å². The van der Waals surface area contributed by atoms with Crippen LogP contribution in [0.2, 0.25) is 0 Å². The number of ether oxygens (including phenoxy) is 1. The van der Waals surface area contributed by atoms with E-state index in [9.17, 15) is 14.7 Å². The summed E-state index contributed by atoms with van der Waals surface area (Å²) in [5, 5.41) is 11.7. The molecular weight excluding hydrogens is 456 g/mol. The van der Waals surface area contributed by atoms with Gasteiger partial charge in [-0.05, 0) is 62.3 Å². The van der Waals surface area contributed by atoms with Gasteiger partial charge in [0.15, 0.2) is 11.5 Å². The molecule has 4 rings (SSSR count). The fourth-order valence-electron chi connectivity index (χ4n) is 4.63. The third-order valence-corrected chi connectivity index (χ3v) is 6.66. The van der Waals surface area contributed by atoms with E-state index < -0.39 is 23.5 Å². The van der Waals surface area contributed by atoms with Crippen LogP contribution < -0.4 is 4.74 Å². The van der Waals surface area contributed by atoms with Crippen LogP contribution in [-0.4, -0.2) is 59.4 Å². The van der Waals surface area contributed by atoms with Crippen LogP contribution >= 0.6 is 0 Å². The molecule has 2 heterocycles. The molecule has 0 bridgehead atoms. The number of furan rings is 1. The van der Waals surface area contributed by atoms with Gasteiger partial charge in [-0.3, -0.25) is 9.59 Å². The van der Waals surface area contributed by atoms with E-state index in [-0.39, 0.29) is 11.3 Å². The van der Waals surface area contributed by atoms with Gasteiger partial charge in [-0.25, -0.2) is 0 Å². The number of hydrogen-bond acceptors (Lipinski definition) is 6. The van der Waals surface area contributed by atoms with Crippen molar-refractivity contribution < 1.29 is 23.8 Å². The van der Waals surface area contributed by atoms with Crippen molar-refractivity contribution in [2.45, 2.75) is 40.2 Å². The van der Waals surface area contributed by atoms with E-state index in [1.54, 1.807) is 11.0 Å². The summed E-state index contributed by atoms with van der Waals surface area (Å²) in [6, 6.07) is 14.0. The van der Waals surface area contributed by atoms with Gasteiger partial charge in [-0.2, -0.15) is 0 Å². The van der Waals surface area contributed by atoms with Crippen molar-refractivity contribution >= 4 is 22.7 Å². The van der Waals surface area contributed by atoms with E-state index in [4.69, 9.17) is 9.15 Å². The smallest absolute Gasteiger partial charge is 0.290 e. The van der Waals surface area contributed by atoms with Gasteiger partial charge in [0.25, 0.3) is 5.91 Å². The number of aliphatic hydroxyl groups is 1. The average molecular weight is 491 g/mol. The molecule has 1 aromatic heterocycles. The Bertz CT molecular complexity index is 1270. The Hall–Kier alpha value is -3.58. The molecule has 0 fully saturated rings. The van der Waals surface area contributed by atoms with E-state index in [1.165, 1.54) is 0 Å². The van der Waals surface area contributed by atoms with Crippen LogP contribution in [0.3, 0.4) is 0 Å². The number of nitrogens with zero attached hydrogens (tertiary/aromatic N) is 2. The topological polar surface area (TPSA) is 83.2 Å². The van der Waals surface area contributed by atoms with Gasteiger partial charge < -0.3 is 24.1 Å². The van der Waals surface area contributed by atoms with Crippen LogP contribution in [0.15, 0.2) is 64.3 Å². The van der Waals surface area contributed by atoms with Crippen molar-refractivity contribution in [1.82, 2.24) is 9.80 Å². The van der Waals surface area contributed by atoms with Gasteiger partial charge in [-0.1, -0.05) is 44.5 Å². The molecule has 7 heteroatoms. The lowest BCUT2D eigenvalue weighted by atomic mass is 9.95. The summed E-state index contributed by atoms with van der Waals surface area (Å²) in [5.74, 6) is -0.741. The summed E-state index contributed by atoms with van der Waals surface area (Å²) in [6.07, 6.45) is 0.893. The number of rotatable bonds is 11. The Balaban J connectivity index is 1.72. The number of fused-ring (bicyclic) bond motifs is 1. The second kappa shape index (κ2) is 11.0. The predicted octanol–water partition coefficient (Wildman–Crippen LogP) is 5.45. The molecule has 1 unspecified atom stereocenters. The Kier molecular flexibility index (Phi) is 7.79. The maximum atomic E-state index is 13.7. The maximum absolute atomic E-state index is 13.7. The van der Waals surface area contributed by atoms with Crippen molar-refractivity contribution in [3.8, 4) is 5.75 Å².